The zero-order valence-corrected chi connectivity index (χ0v) is 15.8. The summed E-state index contributed by atoms with van der Waals surface area (Å²) in [5.41, 5.74) is 1.89. The maximum atomic E-state index is 12.9. The molecule has 0 aromatic carbocycles. The second-order valence-electron chi connectivity index (χ2n) is 6.75. The Balaban J connectivity index is 1.79. The van der Waals surface area contributed by atoms with Crippen molar-refractivity contribution in [2.75, 3.05) is 38.5 Å². The van der Waals surface area contributed by atoms with Gasteiger partial charge < -0.3 is 19.6 Å². The van der Waals surface area contributed by atoms with Crippen LogP contribution in [0, 0.1) is 6.92 Å². The Morgan fingerprint density at radius 1 is 1.26 bits per heavy atom. The standard InChI is InChI=1S/C19H25N5O3/c1-14-16(13-27-22-14)19(26)24-11-4-7-15-6-3-8-17(21-15)20-9-5-10-23(2)18(25)12-24/h3,6,8,13H,4-5,7,9-12H2,1-2H3,(H,20,21). The van der Waals surface area contributed by atoms with E-state index in [4.69, 9.17) is 4.52 Å². The summed E-state index contributed by atoms with van der Waals surface area (Å²) in [4.78, 5) is 33.3. The minimum absolute atomic E-state index is 0.0425. The first kappa shape index (κ1) is 18.9. The number of aryl methyl sites for hydroxylation is 2. The molecule has 1 N–H and O–H groups in total. The molecular weight excluding hydrogens is 346 g/mol. The van der Waals surface area contributed by atoms with Crippen molar-refractivity contribution in [3.8, 4) is 0 Å². The van der Waals surface area contributed by atoms with Crippen LogP contribution in [0.4, 0.5) is 5.82 Å². The van der Waals surface area contributed by atoms with Crippen LogP contribution in [-0.4, -0.2) is 65.0 Å². The summed E-state index contributed by atoms with van der Waals surface area (Å²) in [5, 5.41) is 7.07. The molecule has 0 radical (unpaired) electrons. The highest BCUT2D eigenvalue weighted by Crippen LogP contribution is 2.13. The van der Waals surface area contributed by atoms with Crippen molar-refractivity contribution >= 4 is 17.6 Å². The van der Waals surface area contributed by atoms with E-state index in [1.54, 1.807) is 23.8 Å². The second-order valence-corrected chi connectivity index (χ2v) is 6.75. The molecule has 2 aromatic rings. The van der Waals surface area contributed by atoms with E-state index >= 15 is 0 Å². The number of pyridine rings is 1. The van der Waals surface area contributed by atoms with Gasteiger partial charge in [-0.1, -0.05) is 11.2 Å². The number of likely N-dealkylation sites (N-methyl/N-ethyl adjacent to an activating group) is 1. The average Bonchev–Trinajstić information content (AvgIpc) is 3.09. The molecule has 1 aliphatic heterocycles. The van der Waals surface area contributed by atoms with Gasteiger partial charge in [0.05, 0.1) is 5.69 Å². The molecule has 0 saturated heterocycles. The van der Waals surface area contributed by atoms with Crippen LogP contribution in [0.2, 0.25) is 0 Å². The Labute approximate surface area is 158 Å². The van der Waals surface area contributed by atoms with E-state index in [-0.39, 0.29) is 18.4 Å². The molecule has 1 aliphatic rings. The van der Waals surface area contributed by atoms with Crippen LogP contribution < -0.4 is 5.32 Å². The zero-order valence-electron chi connectivity index (χ0n) is 15.8. The van der Waals surface area contributed by atoms with Gasteiger partial charge in [0.15, 0.2) is 0 Å². The number of rotatable bonds is 1. The molecule has 8 nitrogen and oxygen atoms in total. The van der Waals surface area contributed by atoms with Crippen LogP contribution in [0.1, 0.15) is 34.6 Å². The van der Waals surface area contributed by atoms with Crippen LogP contribution >= 0.6 is 0 Å². The zero-order chi connectivity index (χ0) is 19.2. The number of fused-ring (bicyclic) bond motifs is 2. The number of aromatic nitrogens is 2. The van der Waals surface area contributed by atoms with Gasteiger partial charge in [0, 0.05) is 32.4 Å². The third-order valence-electron chi connectivity index (χ3n) is 4.66. The lowest BCUT2D eigenvalue weighted by atomic mass is 10.1. The third-order valence-corrected chi connectivity index (χ3v) is 4.66. The summed E-state index contributed by atoms with van der Waals surface area (Å²) in [5.74, 6) is 0.531. The van der Waals surface area contributed by atoms with Gasteiger partial charge in [0.2, 0.25) is 5.91 Å². The quantitative estimate of drug-likeness (QED) is 0.821. The molecule has 0 spiro atoms. The number of nitrogens with one attached hydrogen (secondary N) is 1. The monoisotopic (exact) mass is 371 g/mol. The number of amides is 2. The molecule has 0 saturated carbocycles. The fourth-order valence-electron chi connectivity index (χ4n) is 3.03. The lowest BCUT2D eigenvalue weighted by Crippen LogP contribution is -2.42. The Kier molecular flexibility index (Phi) is 6.05. The molecule has 0 aliphatic carbocycles. The van der Waals surface area contributed by atoms with Gasteiger partial charge in [0.25, 0.3) is 5.91 Å². The lowest BCUT2D eigenvalue weighted by molar-refractivity contribution is -0.130. The fraction of sp³-hybridized carbons (Fsp3) is 0.474. The maximum Gasteiger partial charge on any atom is 0.259 e. The van der Waals surface area contributed by atoms with E-state index in [0.717, 1.165) is 30.9 Å². The van der Waals surface area contributed by atoms with Crippen LogP contribution in [-0.2, 0) is 11.2 Å². The van der Waals surface area contributed by atoms with Crippen LogP contribution in [0.5, 0.6) is 0 Å². The minimum atomic E-state index is -0.231. The van der Waals surface area contributed by atoms with E-state index in [0.29, 0.717) is 30.8 Å². The summed E-state index contributed by atoms with van der Waals surface area (Å²) < 4.78 is 4.89. The molecular formula is C19H25N5O3. The van der Waals surface area contributed by atoms with Crippen molar-refractivity contribution in [1.29, 1.82) is 0 Å². The van der Waals surface area contributed by atoms with Crippen molar-refractivity contribution in [2.45, 2.75) is 26.2 Å². The van der Waals surface area contributed by atoms with Crippen molar-refractivity contribution in [3.05, 3.63) is 41.4 Å². The highest BCUT2D eigenvalue weighted by molar-refractivity contribution is 5.97. The number of anilines is 1. The topological polar surface area (TPSA) is 91.6 Å². The molecule has 0 atom stereocenters. The highest BCUT2D eigenvalue weighted by Gasteiger charge is 2.23. The second kappa shape index (κ2) is 8.66. The normalized spacial score (nSPS) is 16.6. The van der Waals surface area contributed by atoms with Crippen molar-refractivity contribution < 1.29 is 14.1 Å². The maximum absolute atomic E-state index is 12.9. The van der Waals surface area contributed by atoms with Gasteiger partial charge in [-0.2, -0.15) is 0 Å². The Morgan fingerprint density at radius 2 is 2.11 bits per heavy atom. The number of carbonyl (C=O) groups excluding carboxylic acids is 2. The first-order chi connectivity index (χ1) is 13.0. The number of hydrogen-bond acceptors (Lipinski definition) is 6. The Morgan fingerprint density at radius 3 is 2.89 bits per heavy atom. The Bertz CT molecular complexity index is 804. The Hall–Kier alpha value is -2.90. The SMILES string of the molecule is Cc1nocc1C(=O)N1CCCc2cccc(n2)NCCCN(C)C(=O)C1. The van der Waals surface area contributed by atoms with Gasteiger partial charge in [-0.15, -0.1) is 0 Å². The minimum Gasteiger partial charge on any atom is -0.370 e. The van der Waals surface area contributed by atoms with Crippen LogP contribution in [0.15, 0.2) is 29.0 Å². The van der Waals surface area contributed by atoms with E-state index in [1.165, 1.54) is 6.26 Å². The number of carbonyl (C=O) groups is 2. The average molecular weight is 371 g/mol. The van der Waals surface area contributed by atoms with E-state index in [9.17, 15) is 9.59 Å². The summed E-state index contributed by atoms with van der Waals surface area (Å²) >= 11 is 0. The van der Waals surface area contributed by atoms with E-state index in [2.05, 4.69) is 15.5 Å². The largest absolute Gasteiger partial charge is 0.370 e. The lowest BCUT2D eigenvalue weighted by Gasteiger charge is -2.25. The number of hydrogen-bond donors (Lipinski definition) is 1. The first-order valence-electron chi connectivity index (χ1n) is 9.18. The van der Waals surface area contributed by atoms with E-state index < -0.39 is 0 Å². The molecule has 3 rings (SSSR count). The predicted octanol–water partition coefficient (Wildman–Crippen LogP) is 1.73. The molecule has 144 valence electrons. The first-order valence-corrected chi connectivity index (χ1v) is 9.18. The summed E-state index contributed by atoms with van der Waals surface area (Å²) in [7, 11) is 1.76. The molecule has 2 amide bonds. The predicted molar refractivity (Wildman–Crippen MR) is 100 cm³/mol. The third kappa shape index (κ3) is 4.84. The molecule has 8 heteroatoms. The summed E-state index contributed by atoms with van der Waals surface area (Å²) in [6.07, 6.45) is 3.58. The molecule has 2 bridgehead atoms. The van der Waals surface area contributed by atoms with Gasteiger partial charge >= 0.3 is 0 Å². The molecule has 27 heavy (non-hydrogen) atoms. The van der Waals surface area contributed by atoms with Gasteiger partial charge in [-0.3, -0.25) is 9.59 Å². The summed E-state index contributed by atoms with van der Waals surface area (Å²) in [6.45, 7) is 3.57. The van der Waals surface area contributed by atoms with Crippen molar-refractivity contribution in [3.63, 3.8) is 0 Å². The fourth-order valence-corrected chi connectivity index (χ4v) is 3.03. The molecule has 3 heterocycles. The van der Waals surface area contributed by atoms with Crippen LogP contribution in [0.25, 0.3) is 0 Å². The molecule has 2 aromatic heterocycles. The number of nitrogens with zero attached hydrogens (tertiary/aromatic N) is 4. The van der Waals surface area contributed by atoms with Crippen molar-refractivity contribution in [2.24, 2.45) is 0 Å². The van der Waals surface area contributed by atoms with Gasteiger partial charge in [0.1, 0.15) is 24.2 Å². The molecule has 0 unspecified atom stereocenters. The molecule has 0 fully saturated rings. The van der Waals surface area contributed by atoms with E-state index in [1.807, 2.05) is 18.2 Å². The smallest absolute Gasteiger partial charge is 0.259 e. The highest BCUT2D eigenvalue weighted by atomic mass is 16.5. The van der Waals surface area contributed by atoms with Gasteiger partial charge in [-0.05, 0) is 38.3 Å². The van der Waals surface area contributed by atoms with Gasteiger partial charge in [-0.25, -0.2) is 4.98 Å². The summed E-state index contributed by atoms with van der Waals surface area (Å²) in [6, 6.07) is 5.90. The van der Waals surface area contributed by atoms with Crippen LogP contribution in [0.3, 0.4) is 0 Å². The van der Waals surface area contributed by atoms with Crippen molar-refractivity contribution in [1.82, 2.24) is 19.9 Å².